The molecule has 1 aromatic rings. The fraction of sp³-hybridized carbons (Fsp3) is 0.562. The second-order valence-corrected chi connectivity index (χ2v) is 5.36. The molecular weight excluding hydrogens is 284 g/mol. The Kier molecular flexibility index (Phi) is 5.89. The van der Waals surface area contributed by atoms with Crippen LogP contribution in [0.15, 0.2) is 12.1 Å². The van der Waals surface area contributed by atoms with Crippen LogP contribution in [0.25, 0.3) is 0 Å². The molecule has 1 saturated heterocycles. The minimum Gasteiger partial charge on any atom is -0.496 e. The second-order valence-electron chi connectivity index (χ2n) is 5.36. The third-order valence-corrected chi connectivity index (χ3v) is 3.90. The molecular formula is C16H24N2O4. The van der Waals surface area contributed by atoms with Gasteiger partial charge in [0.05, 0.1) is 21.3 Å². The van der Waals surface area contributed by atoms with E-state index in [-0.39, 0.29) is 5.91 Å². The van der Waals surface area contributed by atoms with Crippen molar-refractivity contribution in [3.63, 3.8) is 0 Å². The molecule has 1 amide bonds. The summed E-state index contributed by atoms with van der Waals surface area (Å²) in [5.74, 6) is 2.39. The zero-order chi connectivity index (χ0) is 15.9. The monoisotopic (exact) mass is 308 g/mol. The standard InChI is InChI=1S/C16H24N2O4/c1-20-13-8-15(22-3)14(21-2)7-12(13)10-18-16(19)6-11-4-5-17-9-11/h7-8,11,17H,4-6,9-10H2,1-3H3,(H,18,19). The van der Waals surface area contributed by atoms with E-state index in [1.165, 1.54) is 0 Å². The summed E-state index contributed by atoms with van der Waals surface area (Å²) in [7, 11) is 4.75. The summed E-state index contributed by atoms with van der Waals surface area (Å²) in [6, 6.07) is 3.59. The number of nitrogens with one attached hydrogen (secondary N) is 2. The molecule has 1 unspecified atom stereocenters. The molecule has 1 heterocycles. The number of hydrogen-bond acceptors (Lipinski definition) is 5. The minimum atomic E-state index is 0.0607. The molecule has 122 valence electrons. The summed E-state index contributed by atoms with van der Waals surface area (Å²) in [5, 5.41) is 6.21. The Labute approximate surface area is 131 Å². The number of rotatable bonds is 7. The lowest BCUT2D eigenvalue weighted by atomic mass is 10.0. The van der Waals surface area contributed by atoms with Crippen LogP contribution >= 0.6 is 0 Å². The molecule has 1 aromatic carbocycles. The van der Waals surface area contributed by atoms with Gasteiger partial charge in [-0.1, -0.05) is 0 Å². The SMILES string of the molecule is COc1cc(OC)c(OC)cc1CNC(=O)CC1CCNC1. The third-order valence-electron chi connectivity index (χ3n) is 3.90. The van der Waals surface area contributed by atoms with Crippen molar-refractivity contribution in [3.05, 3.63) is 17.7 Å². The Morgan fingerprint density at radius 2 is 1.86 bits per heavy atom. The van der Waals surface area contributed by atoms with Crippen LogP contribution in [-0.2, 0) is 11.3 Å². The average molecular weight is 308 g/mol. The minimum absolute atomic E-state index is 0.0607. The quantitative estimate of drug-likeness (QED) is 0.795. The van der Waals surface area contributed by atoms with Gasteiger partial charge in [-0.3, -0.25) is 4.79 Å². The number of carbonyl (C=O) groups is 1. The van der Waals surface area contributed by atoms with E-state index in [0.717, 1.165) is 25.1 Å². The molecule has 6 nitrogen and oxygen atoms in total. The number of hydrogen-bond donors (Lipinski definition) is 2. The van der Waals surface area contributed by atoms with Gasteiger partial charge in [-0.25, -0.2) is 0 Å². The lowest BCUT2D eigenvalue weighted by molar-refractivity contribution is -0.122. The molecule has 0 aliphatic carbocycles. The molecule has 1 aliphatic rings. The van der Waals surface area contributed by atoms with Gasteiger partial charge in [0.2, 0.25) is 5.91 Å². The lowest BCUT2D eigenvalue weighted by Crippen LogP contribution is -2.26. The van der Waals surface area contributed by atoms with Crippen molar-refractivity contribution in [2.24, 2.45) is 5.92 Å². The van der Waals surface area contributed by atoms with Crippen molar-refractivity contribution in [2.75, 3.05) is 34.4 Å². The number of ether oxygens (including phenoxy) is 3. The van der Waals surface area contributed by atoms with Crippen molar-refractivity contribution < 1.29 is 19.0 Å². The van der Waals surface area contributed by atoms with Crippen LogP contribution in [0, 0.1) is 5.92 Å². The van der Waals surface area contributed by atoms with Crippen LogP contribution in [0.5, 0.6) is 17.2 Å². The van der Waals surface area contributed by atoms with Gasteiger partial charge >= 0.3 is 0 Å². The maximum Gasteiger partial charge on any atom is 0.220 e. The molecule has 6 heteroatoms. The van der Waals surface area contributed by atoms with E-state index in [9.17, 15) is 4.79 Å². The molecule has 1 aliphatic heterocycles. The molecule has 0 aromatic heterocycles. The number of benzene rings is 1. The molecule has 1 atom stereocenters. The van der Waals surface area contributed by atoms with Gasteiger partial charge in [0.25, 0.3) is 0 Å². The maximum absolute atomic E-state index is 12.0. The first-order valence-corrected chi connectivity index (χ1v) is 7.44. The number of amides is 1. The first-order chi connectivity index (χ1) is 10.7. The van der Waals surface area contributed by atoms with E-state index in [1.54, 1.807) is 27.4 Å². The van der Waals surface area contributed by atoms with Gasteiger partial charge in [0.15, 0.2) is 11.5 Å². The Morgan fingerprint density at radius 3 is 2.45 bits per heavy atom. The predicted molar refractivity (Wildman–Crippen MR) is 83.5 cm³/mol. The normalized spacial score (nSPS) is 17.1. The lowest BCUT2D eigenvalue weighted by Gasteiger charge is -2.15. The van der Waals surface area contributed by atoms with Crippen molar-refractivity contribution in [1.29, 1.82) is 0 Å². The average Bonchev–Trinajstić information content (AvgIpc) is 3.04. The Balaban J connectivity index is 1.99. The van der Waals surface area contributed by atoms with Crippen LogP contribution in [0.2, 0.25) is 0 Å². The van der Waals surface area contributed by atoms with E-state index in [4.69, 9.17) is 14.2 Å². The smallest absolute Gasteiger partial charge is 0.220 e. The largest absolute Gasteiger partial charge is 0.496 e. The summed E-state index contributed by atoms with van der Waals surface area (Å²) in [6.07, 6.45) is 1.62. The molecule has 0 bridgehead atoms. The van der Waals surface area contributed by atoms with Gasteiger partial charge in [0, 0.05) is 24.6 Å². The molecule has 0 saturated carbocycles. The van der Waals surface area contributed by atoms with E-state index >= 15 is 0 Å². The second kappa shape index (κ2) is 7.89. The van der Waals surface area contributed by atoms with Crippen molar-refractivity contribution in [1.82, 2.24) is 10.6 Å². The highest BCUT2D eigenvalue weighted by atomic mass is 16.5. The molecule has 0 spiro atoms. The predicted octanol–water partition coefficient (Wildman–Crippen LogP) is 1.33. The Morgan fingerprint density at radius 1 is 1.18 bits per heavy atom. The molecule has 2 rings (SSSR count). The van der Waals surface area contributed by atoms with E-state index in [0.29, 0.717) is 36.1 Å². The van der Waals surface area contributed by atoms with E-state index in [1.807, 2.05) is 6.07 Å². The summed E-state index contributed by atoms with van der Waals surface area (Å²) in [5.41, 5.74) is 0.859. The van der Waals surface area contributed by atoms with Gasteiger partial charge in [-0.15, -0.1) is 0 Å². The molecule has 0 radical (unpaired) electrons. The van der Waals surface area contributed by atoms with Gasteiger partial charge in [0.1, 0.15) is 5.75 Å². The molecule has 2 N–H and O–H groups in total. The fourth-order valence-electron chi connectivity index (χ4n) is 2.65. The van der Waals surface area contributed by atoms with Gasteiger partial charge in [-0.2, -0.15) is 0 Å². The van der Waals surface area contributed by atoms with Crippen molar-refractivity contribution in [2.45, 2.75) is 19.4 Å². The maximum atomic E-state index is 12.0. The van der Waals surface area contributed by atoms with E-state index < -0.39 is 0 Å². The van der Waals surface area contributed by atoms with Gasteiger partial charge < -0.3 is 24.8 Å². The summed E-state index contributed by atoms with van der Waals surface area (Å²) >= 11 is 0. The Bertz CT molecular complexity index is 513. The highest BCUT2D eigenvalue weighted by Crippen LogP contribution is 2.34. The summed E-state index contributed by atoms with van der Waals surface area (Å²) in [4.78, 5) is 12.0. The van der Waals surface area contributed by atoms with Crippen LogP contribution in [-0.4, -0.2) is 40.3 Å². The van der Waals surface area contributed by atoms with Crippen LogP contribution < -0.4 is 24.8 Å². The molecule has 1 fully saturated rings. The highest BCUT2D eigenvalue weighted by molar-refractivity contribution is 5.76. The first kappa shape index (κ1) is 16.4. The molecule has 22 heavy (non-hydrogen) atoms. The number of methoxy groups -OCH3 is 3. The van der Waals surface area contributed by atoms with Crippen LogP contribution in [0.3, 0.4) is 0 Å². The number of carbonyl (C=O) groups excluding carboxylic acids is 1. The van der Waals surface area contributed by atoms with Crippen LogP contribution in [0.1, 0.15) is 18.4 Å². The third kappa shape index (κ3) is 4.04. The topological polar surface area (TPSA) is 68.8 Å². The summed E-state index contributed by atoms with van der Waals surface area (Å²) in [6.45, 7) is 2.33. The van der Waals surface area contributed by atoms with Crippen molar-refractivity contribution in [3.8, 4) is 17.2 Å². The van der Waals surface area contributed by atoms with Crippen molar-refractivity contribution >= 4 is 5.91 Å². The van der Waals surface area contributed by atoms with Crippen LogP contribution in [0.4, 0.5) is 0 Å². The van der Waals surface area contributed by atoms with E-state index in [2.05, 4.69) is 10.6 Å². The highest BCUT2D eigenvalue weighted by Gasteiger charge is 2.18. The Hall–Kier alpha value is -1.95. The van der Waals surface area contributed by atoms with Gasteiger partial charge in [-0.05, 0) is 31.5 Å². The zero-order valence-electron chi connectivity index (χ0n) is 13.4. The zero-order valence-corrected chi connectivity index (χ0v) is 13.4. The fourth-order valence-corrected chi connectivity index (χ4v) is 2.65. The first-order valence-electron chi connectivity index (χ1n) is 7.44. The summed E-state index contributed by atoms with van der Waals surface area (Å²) < 4.78 is 15.9.